The molecule has 0 aliphatic rings. The number of rotatable bonds is 5. The van der Waals surface area contributed by atoms with Crippen molar-refractivity contribution in [3.63, 3.8) is 0 Å². The molecule has 0 N–H and O–H groups in total. The maximum atomic E-state index is 12.6. The Morgan fingerprint density at radius 3 is 2.30 bits per heavy atom. The first-order valence-electron chi connectivity index (χ1n) is 7.90. The summed E-state index contributed by atoms with van der Waals surface area (Å²) in [6.45, 7) is 14.3. The lowest BCUT2D eigenvalue weighted by atomic mass is 10.2. The highest BCUT2D eigenvalue weighted by Crippen LogP contribution is 2.35. The molecule has 0 aromatic carbocycles. The minimum atomic E-state index is 0.161. The SMILES string of the molecule is Cc1nc(SCC(=O)N(C(C)C)C(C)C)c2c(C)c(C)sc2n1. The van der Waals surface area contributed by atoms with Crippen LogP contribution in [0.25, 0.3) is 10.2 Å². The Balaban J connectivity index is 2.27. The summed E-state index contributed by atoms with van der Waals surface area (Å²) in [6.07, 6.45) is 0. The Kier molecular flexibility index (Phi) is 5.68. The Hall–Kier alpha value is -1.14. The number of amides is 1. The highest BCUT2D eigenvalue weighted by molar-refractivity contribution is 8.00. The summed E-state index contributed by atoms with van der Waals surface area (Å²) in [5.41, 5.74) is 1.23. The van der Waals surface area contributed by atoms with Crippen molar-refractivity contribution in [1.29, 1.82) is 0 Å². The van der Waals surface area contributed by atoms with Gasteiger partial charge in [-0.1, -0.05) is 11.8 Å². The maximum Gasteiger partial charge on any atom is 0.233 e. The summed E-state index contributed by atoms with van der Waals surface area (Å²) in [7, 11) is 0. The van der Waals surface area contributed by atoms with Crippen LogP contribution in [0.4, 0.5) is 0 Å². The van der Waals surface area contributed by atoms with Gasteiger partial charge in [0.15, 0.2) is 0 Å². The molecular formula is C17H25N3OS2. The molecule has 23 heavy (non-hydrogen) atoms. The Morgan fingerprint density at radius 1 is 1.13 bits per heavy atom. The molecule has 4 nitrogen and oxygen atoms in total. The molecule has 2 aromatic heterocycles. The normalized spacial score (nSPS) is 11.7. The molecule has 0 aliphatic carbocycles. The number of aromatic nitrogens is 2. The summed E-state index contributed by atoms with van der Waals surface area (Å²) < 4.78 is 0. The Morgan fingerprint density at radius 2 is 1.74 bits per heavy atom. The standard InChI is InChI=1S/C17H25N3OS2/c1-9(2)20(10(3)4)14(21)8-22-16-15-11(5)12(6)23-17(15)19-13(7)18-16/h9-10H,8H2,1-7H3. The Bertz CT molecular complexity index is 714. The summed E-state index contributed by atoms with van der Waals surface area (Å²) in [6, 6.07) is 0.417. The van der Waals surface area contributed by atoms with E-state index in [1.807, 2.05) is 11.8 Å². The largest absolute Gasteiger partial charge is 0.337 e. The molecular weight excluding hydrogens is 326 g/mol. The van der Waals surface area contributed by atoms with Gasteiger partial charge in [-0.05, 0) is 54.0 Å². The van der Waals surface area contributed by atoms with E-state index in [-0.39, 0.29) is 18.0 Å². The van der Waals surface area contributed by atoms with Crippen LogP contribution in [0.2, 0.25) is 0 Å². The fourth-order valence-corrected chi connectivity index (χ4v) is 4.94. The zero-order valence-corrected chi connectivity index (χ0v) is 16.6. The van der Waals surface area contributed by atoms with E-state index < -0.39 is 0 Å². The van der Waals surface area contributed by atoms with Crippen molar-refractivity contribution in [3.8, 4) is 0 Å². The smallest absolute Gasteiger partial charge is 0.233 e. The van der Waals surface area contributed by atoms with Gasteiger partial charge >= 0.3 is 0 Å². The summed E-state index contributed by atoms with van der Waals surface area (Å²) in [4.78, 5) is 25.9. The summed E-state index contributed by atoms with van der Waals surface area (Å²) in [5, 5.41) is 2.03. The second-order valence-corrected chi connectivity index (χ2v) is 8.48. The molecule has 0 atom stereocenters. The van der Waals surface area contributed by atoms with Crippen LogP contribution in [0.1, 0.15) is 44.0 Å². The van der Waals surface area contributed by atoms with Crippen molar-refractivity contribution in [2.24, 2.45) is 0 Å². The number of nitrogens with zero attached hydrogens (tertiary/aromatic N) is 3. The fourth-order valence-electron chi connectivity index (χ4n) is 2.80. The Labute approximate surface area is 146 Å². The van der Waals surface area contributed by atoms with Crippen LogP contribution in [-0.4, -0.2) is 38.6 Å². The molecule has 0 saturated carbocycles. The van der Waals surface area contributed by atoms with Crippen molar-refractivity contribution < 1.29 is 4.79 Å². The average molecular weight is 352 g/mol. The first-order chi connectivity index (χ1) is 10.7. The molecule has 0 radical (unpaired) electrons. The predicted molar refractivity (Wildman–Crippen MR) is 99.5 cm³/mol. The van der Waals surface area contributed by atoms with E-state index in [0.717, 1.165) is 21.1 Å². The lowest BCUT2D eigenvalue weighted by Gasteiger charge is -2.30. The van der Waals surface area contributed by atoms with Gasteiger partial charge in [0.05, 0.1) is 5.75 Å². The number of aryl methyl sites for hydroxylation is 3. The fraction of sp³-hybridized carbons (Fsp3) is 0.588. The highest BCUT2D eigenvalue weighted by atomic mass is 32.2. The number of fused-ring (bicyclic) bond motifs is 1. The van der Waals surface area contributed by atoms with Gasteiger partial charge in [0, 0.05) is 22.3 Å². The third-order valence-electron chi connectivity index (χ3n) is 3.84. The highest BCUT2D eigenvalue weighted by Gasteiger charge is 2.21. The molecule has 0 spiro atoms. The van der Waals surface area contributed by atoms with Crippen molar-refractivity contribution in [2.45, 2.75) is 65.6 Å². The van der Waals surface area contributed by atoms with E-state index in [4.69, 9.17) is 0 Å². The molecule has 6 heteroatoms. The molecule has 0 fully saturated rings. The van der Waals surface area contributed by atoms with Gasteiger partial charge in [0.1, 0.15) is 15.7 Å². The van der Waals surface area contributed by atoms with E-state index in [9.17, 15) is 4.79 Å². The van der Waals surface area contributed by atoms with Crippen molar-refractivity contribution in [1.82, 2.24) is 14.9 Å². The number of thiophene rings is 1. The van der Waals surface area contributed by atoms with Gasteiger partial charge in [-0.15, -0.1) is 11.3 Å². The zero-order valence-electron chi connectivity index (χ0n) is 14.9. The van der Waals surface area contributed by atoms with Gasteiger partial charge in [-0.3, -0.25) is 4.79 Å². The minimum Gasteiger partial charge on any atom is -0.337 e. The van der Waals surface area contributed by atoms with Crippen LogP contribution in [0.3, 0.4) is 0 Å². The van der Waals surface area contributed by atoms with Gasteiger partial charge in [0.2, 0.25) is 5.91 Å². The van der Waals surface area contributed by atoms with E-state index in [1.54, 1.807) is 11.3 Å². The first-order valence-corrected chi connectivity index (χ1v) is 9.70. The monoisotopic (exact) mass is 351 g/mol. The van der Waals surface area contributed by atoms with Crippen molar-refractivity contribution in [2.75, 3.05) is 5.75 Å². The van der Waals surface area contributed by atoms with Crippen LogP contribution in [-0.2, 0) is 4.79 Å². The first kappa shape index (κ1) is 18.2. The lowest BCUT2D eigenvalue weighted by Crippen LogP contribution is -2.43. The van der Waals surface area contributed by atoms with Crippen LogP contribution in [0.15, 0.2) is 5.03 Å². The van der Waals surface area contributed by atoms with Gasteiger partial charge in [-0.2, -0.15) is 0 Å². The third kappa shape index (κ3) is 3.86. The van der Waals surface area contributed by atoms with Crippen LogP contribution in [0.5, 0.6) is 0 Å². The number of hydrogen-bond acceptors (Lipinski definition) is 5. The molecule has 126 valence electrons. The van der Waals surface area contributed by atoms with E-state index in [2.05, 4.69) is 51.5 Å². The van der Waals surface area contributed by atoms with Crippen molar-refractivity contribution >= 4 is 39.2 Å². The summed E-state index contributed by atoms with van der Waals surface area (Å²) in [5.74, 6) is 1.34. The maximum absolute atomic E-state index is 12.6. The molecule has 2 rings (SSSR count). The zero-order chi connectivity index (χ0) is 17.3. The van der Waals surface area contributed by atoms with Gasteiger partial charge < -0.3 is 4.90 Å². The third-order valence-corrected chi connectivity index (χ3v) is 5.90. The molecule has 0 aliphatic heterocycles. The average Bonchev–Trinajstić information content (AvgIpc) is 2.70. The van der Waals surface area contributed by atoms with Gasteiger partial charge in [0.25, 0.3) is 0 Å². The number of carbonyl (C=O) groups is 1. The number of thioether (sulfide) groups is 1. The van der Waals surface area contributed by atoms with Crippen LogP contribution in [0, 0.1) is 20.8 Å². The molecule has 1 amide bonds. The van der Waals surface area contributed by atoms with E-state index >= 15 is 0 Å². The van der Waals surface area contributed by atoms with Crippen molar-refractivity contribution in [3.05, 3.63) is 16.3 Å². The second-order valence-electron chi connectivity index (χ2n) is 6.32. The molecule has 2 aromatic rings. The van der Waals surface area contributed by atoms with Gasteiger partial charge in [-0.25, -0.2) is 9.97 Å². The number of hydrogen-bond donors (Lipinski definition) is 0. The predicted octanol–water partition coefficient (Wildman–Crippen LogP) is 4.35. The molecule has 0 saturated heterocycles. The molecule has 0 bridgehead atoms. The van der Waals surface area contributed by atoms with Crippen LogP contribution < -0.4 is 0 Å². The molecule has 2 heterocycles. The minimum absolute atomic E-state index is 0.161. The molecule has 0 unspecified atom stereocenters. The van der Waals surface area contributed by atoms with E-state index in [0.29, 0.717) is 5.75 Å². The summed E-state index contributed by atoms with van der Waals surface area (Å²) >= 11 is 3.22. The van der Waals surface area contributed by atoms with E-state index in [1.165, 1.54) is 22.2 Å². The topological polar surface area (TPSA) is 46.1 Å². The quantitative estimate of drug-likeness (QED) is 0.593. The second kappa shape index (κ2) is 7.18. The number of carbonyl (C=O) groups excluding carboxylic acids is 1. The lowest BCUT2D eigenvalue weighted by molar-refractivity contribution is -0.131. The van der Waals surface area contributed by atoms with Crippen LogP contribution >= 0.6 is 23.1 Å².